The fraction of sp³-hybridized carbons (Fsp3) is 1.00. The van der Waals surface area contributed by atoms with E-state index in [2.05, 4.69) is 27.7 Å². The molecule has 2 atom stereocenters. The molecule has 5 heteroatoms. The fourth-order valence-corrected chi connectivity index (χ4v) is 6.47. The molecule has 0 radical (unpaired) electrons. The molecule has 0 aromatic carbocycles. The van der Waals surface area contributed by atoms with Gasteiger partial charge in [-0.1, -0.05) is 169 Å². The van der Waals surface area contributed by atoms with Gasteiger partial charge in [0, 0.05) is 13.2 Å². The molecular weight excluding hydrogens is 560 g/mol. The lowest BCUT2D eigenvalue weighted by atomic mass is 9.88. The summed E-state index contributed by atoms with van der Waals surface area (Å²) >= 11 is 0. The molecule has 0 amide bonds. The first kappa shape index (κ1) is 44.8. The summed E-state index contributed by atoms with van der Waals surface area (Å²) < 4.78 is 16.7. The van der Waals surface area contributed by atoms with E-state index in [1.54, 1.807) is 0 Å². The minimum Gasteiger partial charge on any atom is -0.390 e. The molecule has 0 saturated heterocycles. The van der Waals surface area contributed by atoms with Gasteiger partial charge in [0.2, 0.25) is 0 Å². The summed E-state index contributed by atoms with van der Waals surface area (Å²) in [4.78, 5) is 0. The van der Waals surface area contributed by atoms with Crippen molar-refractivity contribution in [3.8, 4) is 0 Å². The van der Waals surface area contributed by atoms with Crippen molar-refractivity contribution in [2.24, 2.45) is 0 Å². The fourth-order valence-electron chi connectivity index (χ4n) is 6.47. The molecule has 0 heterocycles. The van der Waals surface area contributed by atoms with Gasteiger partial charge in [0.25, 0.3) is 0 Å². The van der Waals surface area contributed by atoms with Gasteiger partial charge < -0.3 is 24.4 Å². The molecule has 45 heavy (non-hydrogen) atoms. The maximum Gasteiger partial charge on any atom is 0.149 e. The molecular formula is C40H82O5. The van der Waals surface area contributed by atoms with Gasteiger partial charge in [-0.3, -0.25) is 0 Å². The van der Waals surface area contributed by atoms with Crippen molar-refractivity contribution in [2.45, 2.75) is 232 Å². The van der Waals surface area contributed by atoms with Crippen molar-refractivity contribution >= 4 is 0 Å². The largest absolute Gasteiger partial charge is 0.390 e. The van der Waals surface area contributed by atoms with E-state index < -0.39 is 11.2 Å². The minimum atomic E-state index is -0.555. The Kier molecular flexibility index (Phi) is 33.5. The SMILES string of the molecule is CCCCCCCCCCCCCC(O)(CC)CCCOCOCOCCCC(O)(CC)CCCCCCCCCCCCC. The lowest BCUT2D eigenvalue weighted by molar-refractivity contribution is -0.134. The summed E-state index contributed by atoms with van der Waals surface area (Å²) in [5.41, 5.74) is -1.11. The third-order valence-corrected chi connectivity index (χ3v) is 10.0. The van der Waals surface area contributed by atoms with Crippen molar-refractivity contribution in [2.75, 3.05) is 26.8 Å². The normalized spacial score (nSPS) is 14.5. The van der Waals surface area contributed by atoms with Crippen molar-refractivity contribution in [1.29, 1.82) is 0 Å². The van der Waals surface area contributed by atoms with Crippen LogP contribution in [0.1, 0.15) is 220 Å². The maximum atomic E-state index is 11.0. The lowest BCUT2D eigenvalue weighted by Gasteiger charge is -2.27. The van der Waals surface area contributed by atoms with Gasteiger partial charge in [0.1, 0.15) is 13.6 Å². The summed E-state index contributed by atoms with van der Waals surface area (Å²) in [5.74, 6) is 0. The van der Waals surface area contributed by atoms with Crippen molar-refractivity contribution < 1.29 is 24.4 Å². The average Bonchev–Trinajstić information content (AvgIpc) is 3.05. The standard InChI is InChI=1S/C40H82O5/c1-5-9-11-13-15-17-19-21-23-25-27-31-39(41,7-3)33-29-35-43-37-45-38-44-36-30-34-40(42,8-4)32-28-26-24-22-20-18-16-14-12-10-6-2/h41-42H,5-38H2,1-4H3. The molecule has 5 nitrogen and oxygen atoms in total. The van der Waals surface area contributed by atoms with Gasteiger partial charge in [-0.25, -0.2) is 0 Å². The smallest absolute Gasteiger partial charge is 0.149 e. The lowest BCUT2D eigenvalue weighted by Crippen LogP contribution is -2.28. The number of unbranched alkanes of at least 4 members (excludes halogenated alkanes) is 20. The van der Waals surface area contributed by atoms with E-state index in [1.807, 2.05) is 0 Å². The van der Waals surface area contributed by atoms with Crippen LogP contribution < -0.4 is 0 Å². The Morgan fingerprint density at radius 3 is 0.889 bits per heavy atom. The predicted octanol–water partition coefficient (Wildman–Crippen LogP) is 12.2. The average molecular weight is 643 g/mol. The van der Waals surface area contributed by atoms with Crippen LogP contribution in [0.3, 0.4) is 0 Å². The van der Waals surface area contributed by atoms with Gasteiger partial charge >= 0.3 is 0 Å². The molecule has 2 N–H and O–H groups in total. The number of hydrogen-bond donors (Lipinski definition) is 2. The van der Waals surface area contributed by atoms with E-state index in [9.17, 15) is 10.2 Å². The summed E-state index contributed by atoms with van der Waals surface area (Å²) in [6.07, 6.45) is 36.1. The summed E-state index contributed by atoms with van der Waals surface area (Å²) in [7, 11) is 0. The summed E-state index contributed by atoms with van der Waals surface area (Å²) in [6, 6.07) is 0. The topological polar surface area (TPSA) is 68.2 Å². The molecule has 0 aliphatic rings. The Labute approximate surface area is 282 Å². The van der Waals surface area contributed by atoms with Gasteiger partial charge in [0.05, 0.1) is 11.2 Å². The van der Waals surface area contributed by atoms with Crippen LogP contribution in [0, 0.1) is 0 Å². The monoisotopic (exact) mass is 643 g/mol. The van der Waals surface area contributed by atoms with E-state index in [0.29, 0.717) is 13.2 Å². The van der Waals surface area contributed by atoms with Crippen LogP contribution in [0.5, 0.6) is 0 Å². The van der Waals surface area contributed by atoms with Crippen molar-refractivity contribution in [3.05, 3.63) is 0 Å². The second-order valence-corrected chi connectivity index (χ2v) is 14.2. The molecule has 0 fully saturated rings. The minimum absolute atomic E-state index is 0.223. The number of ether oxygens (including phenoxy) is 3. The first-order valence-electron chi connectivity index (χ1n) is 20.1. The molecule has 2 unspecified atom stereocenters. The number of hydrogen-bond acceptors (Lipinski definition) is 5. The van der Waals surface area contributed by atoms with Crippen LogP contribution in [0.2, 0.25) is 0 Å². The Balaban J connectivity index is 3.61. The Hall–Kier alpha value is -0.200. The first-order valence-corrected chi connectivity index (χ1v) is 20.1. The molecule has 0 aromatic heterocycles. The van der Waals surface area contributed by atoms with E-state index in [1.165, 1.54) is 128 Å². The molecule has 0 spiro atoms. The van der Waals surface area contributed by atoms with Crippen LogP contribution >= 0.6 is 0 Å². The molecule has 272 valence electrons. The predicted molar refractivity (Wildman–Crippen MR) is 194 cm³/mol. The second-order valence-electron chi connectivity index (χ2n) is 14.2. The van der Waals surface area contributed by atoms with Gasteiger partial charge in [-0.2, -0.15) is 0 Å². The van der Waals surface area contributed by atoms with Crippen molar-refractivity contribution in [1.82, 2.24) is 0 Å². The zero-order valence-electron chi connectivity index (χ0n) is 31.2. The third-order valence-electron chi connectivity index (χ3n) is 10.0. The highest BCUT2D eigenvalue weighted by molar-refractivity contribution is 4.77. The Morgan fingerprint density at radius 2 is 0.600 bits per heavy atom. The number of rotatable bonds is 38. The van der Waals surface area contributed by atoms with Crippen LogP contribution in [0.25, 0.3) is 0 Å². The highest BCUT2D eigenvalue weighted by Gasteiger charge is 2.24. The summed E-state index contributed by atoms with van der Waals surface area (Å²) in [5, 5.41) is 21.9. The molecule has 0 aromatic rings. The highest BCUT2D eigenvalue weighted by Crippen LogP contribution is 2.26. The van der Waals surface area contributed by atoms with Gasteiger partial charge in [-0.05, 0) is 51.4 Å². The molecule has 0 bridgehead atoms. The third kappa shape index (κ3) is 30.9. The molecule has 0 saturated carbocycles. The van der Waals surface area contributed by atoms with Crippen LogP contribution in [0.4, 0.5) is 0 Å². The highest BCUT2D eigenvalue weighted by atomic mass is 16.7. The van der Waals surface area contributed by atoms with E-state index in [-0.39, 0.29) is 13.6 Å². The molecule has 0 aliphatic heterocycles. The van der Waals surface area contributed by atoms with Gasteiger partial charge in [0.15, 0.2) is 0 Å². The Morgan fingerprint density at radius 1 is 0.333 bits per heavy atom. The zero-order chi connectivity index (χ0) is 33.2. The van der Waals surface area contributed by atoms with Crippen molar-refractivity contribution in [3.63, 3.8) is 0 Å². The first-order chi connectivity index (χ1) is 21.9. The zero-order valence-corrected chi connectivity index (χ0v) is 31.2. The van der Waals surface area contributed by atoms with E-state index in [0.717, 1.165) is 64.2 Å². The van der Waals surface area contributed by atoms with Crippen LogP contribution in [-0.4, -0.2) is 48.2 Å². The quantitative estimate of drug-likeness (QED) is 0.0518. The second kappa shape index (κ2) is 33.7. The molecule has 0 rings (SSSR count). The van der Waals surface area contributed by atoms with Gasteiger partial charge in [-0.15, -0.1) is 0 Å². The Bertz CT molecular complexity index is 525. The number of aliphatic hydroxyl groups is 2. The van der Waals surface area contributed by atoms with Crippen LogP contribution in [-0.2, 0) is 14.2 Å². The maximum absolute atomic E-state index is 11.0. The summed E-state index contributed by atoms with van der Waals surface area (Å²) in [6.45, 7) is 10.4. The van der Waals surface area contributed by atoms with E-state index in [4.69, 9.17) is 14.2 Å². The molecule has 0 aliphatic carbocycles. The van der Waals surface area contributed by atoms with E-state index >= 15 is 0 Å². The van der Waals surface area contributed by atoms with Crippen LogP contribution in [0.15, 0.2) is 0 Å².